The van der Waals surface area contributed by atoms with E-state index in [1.807, 2.05) is 6.92 Å². The summed E-state index contributed by atoms with van der Waals surface area (Å²) in [6, 6.07) is 3.21. The monoisotopic (exact) mass is 317 g/mol. The van der Waals surface area contributed by atoms with E-state index in [4.69, 9.17) is 5.11 Å². The highest BCUT2D eigenvalue weighted by atomic mass is 79.9. The topological polar surface area (TPSA) is 49.3 Å². The van der Waals surface area contributed by atoms with E-state index in [0.29, 0.717) is 10.9 Å². The molecule has 0 fully saturated rings. The molecule has 100 valence electrons. The molecule has 1 aromatic carbocycles. The first-order valence-corrected chi connectivity index (χ1v) is 6.71. The van der Waals surface area contributed by atoms with Gasteiger partial charge in [-0.1, -0.05) is 6.42 Å². The number of anilines is 1. The average Bonchev–Trinajstić information content (AvgIpc) is 2.29. The molecule has 18 heavy (non-hydrogen) atoms. The standard InChI is InChI=1S/C13H17BrFNO2/c1-9-7-11(15)10(14)8-12(9)16-6-4-2-3-5-13(17)18/h7-8,16H,2-6H2,1H3,(H,17,18). The Hall–Kier alpha value is -1.10. The van der Waals surface area contributed by atoms with Crippen LogP contribution in [0.25, 0.3) is 0 Å². The van der Waals surface area contributed by atoms with Gasteiger partial charge in [-0.2, -0.15) is 0 Å². The normalized spacial score (nSPS) is 10.4. The van der Waals surface area contributed by atoms with Crippen LogP contribution in [-0.4, -0.2) is 17.6 Å². The van der Waals surface area contributed by atoms with Crippen molar-refractivity contribution in [2.45, 2.75) is 32.6 Å². The third-order valence-corrected chi connectivity index (χ3v) is 3.26. The van der Waals surface area contributed by atoms with Crippen LogP contribution in [0.15, 0.2) is 16.6 Å². The van der Waals surface area contributed by atoms with Crippen LogP contribution in [0.1, 0.15) is 31.2 Å². The van der Waals surface area contributed by atoms with Crippen LogP contribution in [0, 0.1) is 12.7 Å². The lowest BCUT2D eigenvalue weighted by Crippen LogP contribution is -2.04. The summed E-state index contributed by atoms with van der Waals surface area (Å²) in [4.78, 5) is 10.3. The Morgan fingerprint density at radius 1 is 1.39 bits per heavy atom. The summed E-state index contributed by atoms with van der Waals surface area (Å²) in [6.07, 6.45) is 2.70. The van der Waals surface area contributed by atoms with E-state index in [0.717, 1.165) is 30.6 Å². The summed E-state index contributed by atoms with van der Waals surface area (Å²) in [7, 11) is 0. The van der Waals surface area contributed by atoms with Crippen LogP contribution < -0.4 is 5.32 Å². The molecule has 2 N–H and O–H groups in total. The van der Waals surface area contributed by atoms with E-state index in [2.05, 4.69) is 21.2 Å². The number of unbranched alkanes of at least 4 members (excludes halogenated alkanes) is 2. The van der Waals surface area contributed by atoms with Crippen LogP contribution in [0.2, 0.25) is 0 Å². The number of benzene rings is 1. The predicted molar refractivity (Wildman–Crippen MR) is 73.4 cm³/mol. The Kier molecular flexibility index (Phi) is 6.12. The zero-order chi connectivity index (χ0) is 13.5. The second-order valence-corrected chi connectivity index (χ2v) is 5.07. The molecule has 0 unspecified atom stereocenters. The van der Waals surface area contributed by atoms with E-state index >= 15 is 0 Å². The van der Waals surface area contributed by atoms with Gasteiger partial charge in [-0.3, -0.25) is 4.79 Å². The summed E-state index contributed by atoms with van der Waals surface area (Å²) in [5.74, 6) is -1.01. The first-order valence-electron chi connectivity index (χ1n) is 5.92. The zero-order valence-electron chi connectivity index (χ0n) is 10.3. The number of halogens is 2. The number of nitrogens with one attached hydrogen (secondary N) is 1. The summed E-state index contributed by atoms with van der Waals surface area (Å²) >= 11 is 3.15. The third kappa shape index (κ3) is 5.04. The number of aryl methyl sites for hydroxylation is 1. The fraction of sp³-hybridized carbons (Fsp3) is 0.462. The molecule has 0 amide bonds. The quantitative estimate of drug-likeness (QED) is 0.748. The highest BCUT2D eigenvalue weighted by Crippen LogP contribution is 2.24. The van der Waals surface area contributed by atoms with E-state index in [1.165, 1.54) is 6.07 Å². The van der Waals surface area contributed by atoms with Crippen LogP contribution in [0.4, 0.5) is 10.1 Å². The van der Waals surface area contributed by atoms with Gasteiger partial charge in [-0.15, -0.1) is 0 Å². The highest BCUT2D eigenvalue weighted by Gasteiger charge is 2.04. The summed E-state index contributed by atoms with van der Waals surface area (Å²) in [5.41, 5.74) is 1.77. The molecule has 0 aliphatic rings. The van der Waals surface area contributed by atoms with Crippen molar-refractivity contribution in [1.29, 1.82) is 0 Å². The van der Waals surface area contributed by atoms with Crippen molar-refractivity contribution in [1.82, 2.24) is 0 Å². The molecule has 1 aromatic rings. The molecular weight excluding hydrogens is 301 g/mol. The van der Waals surface area contributed by atoms with Gasteiger partial charge in [0.15, 0.2) is 0 Å². The fourth-order valence-electron chi connectivity index (χ4n) is 1.64. The van der Waals surface area contributed by atoms with Gasteiger partial charge in [-0.25, -0.2) is 4.39 Å². The predicted octanol–water partition coefficient (Wildman–Crippen LogP) is 3.95. The van der Waals surface area contributed by atoms with Crippen LogP contribution in [0.3, 0.4) is 0 Å². The molecule has 0 aliphatic heterocycles. The Bertz CT molecular complexity index is 424. The maximum Gasteiger partial charge on any atom is 0.303 e. The molecule has 0 atom stereocenters. The van der Waals surface area contributed by atoms with Gasteiger partial charge in [0.25, 0.3) is 0 Å². The van der Waals surface area contributed by atoms with Crippen molar-refractivity contribution >= 4 is 27.6 Å². The lowest BCUT2D eigenvalue weighted by molar-refractivity contribution is -0.137. The van der Waals surface area contributed by atoms with E-state index in [9.17, 15) is 9.18 Å². The summed E-state index contributed by atoms with van der Waals surface area (Å²) in [6.45, 7) is 2.61. The number of carboxylic acids is 1. The van der Waals surface area contributed by atoms with Gasteiger partial charge in [0.1, 0.15) is 5.82 Å². The van der Waals surface area contributed by atoms with E-state index in [1.54, 1.807) is 6.07 Å². The Balaban J connectivity index is 2.31. The third-order valence-electron chi connectivity index (χ3n) is 2.65. The van der Waals surface area contributed by atoms with Crippen LogP contribution in [0.5, 0.6) is 0 Å². The van der Waals surface area contributed by atoms with E-state index in [-0.39, 0.29) is 12.2 Å². The SMILES string of the molecule is Cc1cc(F)c(Br)cc1NCCCCCC(=O)O. The summed E-state index contributed by atoms with van der Waals surface area (Å²) in [5, 5.41) is 11.7. The maximum atomic E-state index is 13.2. The lowest BCUT2D eigenvalue weighted by Gasteiger charge is -2.10. The molecule has 0 radical (unpaired) electrons. The van der Waals surface area contributed by atoms with Crippen molar-refractivity contribution < 1.29 is 14.3 Å². The van der Waals surface area contributed by atoms with Gasteiger partial charge in [0.2, 0.25) is 0 Å². The van der Waals surface area contributed by atoms with Gasteiger partial charge in [0.05, 0.1) is 4.47 Å². The first-order chi connectivity index (χ1) is 8.50. The average molecular weight is 318 g/mol. The summed E-state index contributed by atoms with van der Waals surface area (Å²) < 4.78 is 13.6. The van der Waals surface area contributed by atoms with Crippen molar-refractivity contribution in [3.8, 4) is 0 Å². The maximum absolute atomic E-state index is 13.2. The first kappa shape index (κ1) is 15.0. The number of aliphatic carboxylic acids is 1. The zero-order valence-corrected chi connectivity index (χ0v) is 11.9. The minimum Gasteiger partial charge on any atom is -0.481 e. The van der Waals surface area contributed by atoms with Gasteiger partial charge < -0.3 is 10.4 Å². The van der Waals surface area contributed by atoms with Crippen LogP contribution in [-0.2, 0) is 4.79 Å². The molecule has 3 nitrogen and oxygen atoms in total. The van der Waals surface area contributed by atoms with Crippen molar-refractivity contribution in [3.63, 3.8) is 0 Å². The van der Waals surface area contributed by atoms with Crippen molar-refractivity contribution in [2.24, 2.45) is 0 Å². The second-order valence-electron chi connectivity index (χ2n) is 4.21. The number of rotatable bonds is 7. The fourth-order valence-corrected chi connectivity index (χ4v) is 1.98. The molecule has 1 rings (SSSR count). The molecule has 5 heteroatoms. The molecule has 0 heterocycles. The van der Waals surface area contributed by atoms with Crippen molar-refractivity contribution in [3.05, 3.63) is 28.0 Å². The molecule has 0 saturated heterocycles. The van der Waals surface area contributed by atoms with Gasteiger partial charge in [0, 0.05) is 18.7 Å². The molecule has 0 aliphatic carbocycles. The minimum atomic E-state index is -0.749. The Morgan fingerprint density at radius 3 is 2.78 bits per heavy atom. The largest absolute Gasteiger partial charge is 0.481 e. The molecule has 0 bridgehead atoms. The van der Waals surface area contributed by atoms with Gasteiger partial charge >= 0.3 is 5.97 Å². The van der Waals surface area contributed by atoms with Gasteiger partial charge in [-0.05, 0) is 53.4 Å². The highest BCUT2D eigenvalue weighted by molar-refractivity contribution is 9.10. The molecular formula is C13H17BrFNO2. The molecule has 0 aromatic heterocycles. The Morgan fingerprint density at radius 2 is 2.11 bits per heavy atom. The van der Waals surface area contributed by atoms with Crippen LogP contribution >= 0.6 is 15.9 Å². The minimum absolute atomic E-state index is 0.223. The number of carboxylic acid groups (broad SMARTS) is 1. The Labute approximate surface area is 115 Å². The van der Waals surface area contributed by atoms with Crippen molar-refractivity contribution in [2.75, 3.05) is 11.9 Å². The number of carbonyl (C=O) groups is 1. The smallest absolute Gasteiger partial charge is 0.303 e. The molecule has 0 spiro atoms. The van der Waals surface area contributed by atoms with E-state index < -0.39 is 5.97 Å². The number of hydrogen-bond acceptors (Lipinski definition) is 2. The second kappa shape index (κ2) is 7.36. The lowest BCUT2D eigenvalue weighted by atomic mass is 10.1. The number of hydrogen-bond donors (Lipinski definition) is 2. The molecule has 0 saturated carbocycles.